The van der Waals surface area contributed by atoms with E-state index in [1.807, 2.05) is 73.7 Å². The minimum Gasteiger partial charge on any atom is -0.459 e. The van der Waals surface area contributed by atoms with Gasteiger partial charge in [0.15, 0.2) is 6.04 Å². The van der Waals surface area contributed by atoms with Crippen LogP contribution in [0.15, 0.2) is 78.9 Å². The molecule has 10 nitrogen and oxygen atoms in total. The Hall–Kier alpha value is -4.86. The number of hydrogen-bond donors (Lipinski definition) is 2. The molecule has 3 aromatic rings. The van der Waals surface area contributed by atoms with Gasteiger partial charge >= 0.3 is 24.1 Å². The topological polar surface area (TPSA) is 129 Å². The standard InChI is InChI=1S/C37H44N2O8/c1-7-23(2)31(38-35(42)45-22-30-28-19-13-11-17-26(28)27-18-12-14-20-29(27)30)34(41)46-24(3)32(39-36(43)47-37(4,5)6)33(40)44-21-25-15-9-8-10-16-25/h8-20,23-24,30-32H,7,21-22H2,1-6H3,(H,38,42)(H,39,43)/t23-,24+,31-,32-/m0/s1. The highest BCUT2D eigenvalue weighted by Gasteiger charge is 2.37. The summed E-state index contributed by atoms with van der Waals surface area (Å²) in [6.07, 6.45) is -2.28. The van der Waals surface area contributed by atoms with Gasteiger partial charge in [-0.3, -0.25) is 0 Å². The van der Waals surface area contributed by atoms with E-state index in [9.17, 15) is 19.2 Å². The van der Waals surface area contributed by atoms with Crippen LogP contribution in [0.2, 0.25) is 0 Å². The third kappa shape index (κ3) is 9.34. The van der Waals surface area contributed by atoms with Crippen LogP contribution in [-0.2, 0) is 35.1 Å². The Bertz CT molecular complexity index is 1510. The molecule has 3 aromatic carbocycles. The largest absolute Gasteiger partial charge is 0.459 e. The molecule has 0 heterocycles. The monoisotopic (exact) mass is 644 g/mol. The molecule has 0 fully saturated rings. The second-order valence-electron chi connectivity index (χ2n) is 12.7. The predicted molar refractivity (Wildman–Crippen MR) is 176 cm³/mol. The summed E-state index contributed by atoms with van der Waals surface area (Å²) in [5.74, 6) is -2.09. The zero-order valence-corrected chi connectivity index (χ0v) is 27.8. The molecular formula is C37H44N2O8. The zero-order chi connectivity index (χ0) is 34.1. The molecule has 0 aromatic heterocycles. The van der Waals surface area contributed by atoms with E-state index in [1.165, 1.54) is 6.92 Å². The molecule has 1 aliphatic carbocycles. The van der Waals surface area contributed by atoms with Crippen LogP contribution in [0.4, 0.5) is 9.59 Å². The molecule has 0 bridgehead atoms. The van der Waals surface area contributed by atoms with E-state index in [4.69, 9.17) is 18.9 Å². The number of amides is 2. The lowest BCUT2D eigenvalue weighted by molar-refractivity contribution is -0.160. The number of carbonyl (C=O) groups excluding carboxylic acids is 4. The van der Waals surface area contributed by atoms with Gasteiger partial charge in [-0.25, -0.2) is 19.2 Å². The van der Waals surface area contributed by atoms with Crippen LogP contribution in [-0.4, -0.2) is 54.5 Å². The molecule has 0 unspecified atom stereocenters. The van der Waals surface area contributed by atoms with Gasteiger partial charge in [0.1, 0.15) is 31.0 Å². The Labute approximate surface area is 276 Å². The molecule has 0 saturated carbocycles. The van der Waals surface area contributed by atoms with Crippen LogP contribution >= 0.6 is 0 Å². The van der Waals surface area contributed by atoms with Gasteiger partial charge in [-0.05, 0) is 61.4 Å². The third-order valence-electron chi connectivity index (χ3n) is 8.01. The molecule has 10 heteroatoms. The number of ether oxygens (including phenoxy) is 4. The van der Waals surface area contributed by atoms with Gasteiger partial charge < -0.3 is 29.6 Å². The van der Waals surface area contributed by atoms with Crippen molar-refractivity contribution in [3.8, 4) is 11.1 Å². The van der Waals surface area contributed by atoms with E-state index in [0.29, 0.717) is 6.42 Å². The van der Waals surface area contributed by atoms with Crippen LogP contribution in [0.3, 0.4) is 0 Å². The average Bonchev–Trinajstić information content (AvgIpc) is 3.36. The molecular weight excluding hydrogens is 600 g/mol. The fourth-order valence-corrected chi connectivity index (χ4v) is 5.38. The maximum Gasteiger partial charge on any atom is 0.408 e. The highest BCUT2D eigenvalue weighted by atomic mass is 16.6. The quantitative estimate of drug-likeness (QED) is 0.169. The lowest BCUT2D eigenvalue weighted by Gasteiger charge is -2.28. The zero-order valence-electron chi connectivity index (χ0n) is 27.8. The first kappa shape index (κ1) is 35.0. The third-order valence-corrected chi connectivity index (χ3v) is 8.01. The number of hydrogen-bond acceptors (Lipinski definition) is 8. The highest BCUT2D eigenvalue weighted by molar-refractivity contribution is 5.85. The van der Waals surface area contributed by atoms with Crippen molar-refractivity contribution in [1.29, 1.82) is 0 Å². The fourth-order valence-electron chi connectivity index (χ4n) is 5.38. The number of esters is 2. The molecule has 47 heavy (non-hydrogen) atoms. The van der Waals surface area contributed by atoms with Gasteiger partial charge in [0, 0.05) is 5.92 Å². The summed E-state index contributed by atoms with van der Waals surface area (Å²) in [7, 11) is 0. The Balaban J connectivity index is 1.42. The Morgan fingerprint density at radius 3 is 1.85 bits per heavy atom. The summed E-state index contributed by atoms with van der Waals surface area (Å²) >= 11 is 0. The maximum atomic E-state index is 13.5. The van der Waals surface area contributed by atoms with E-state index >= 15 is 0 Å². The van der Waals surface area contributed by atoms with Crippen molar-refractivity contribution in [3.63, 3.8) is 0 Å². The van der Waals surface area contributed by atoms with Crippen LogP contribution in [0.1, 0.15) is 70.6 Å². The number of rotatable bonds is 12. The van der Waals surface area contributed by atoms with Gasteiger partial charge in [-0.2, -0.15) is 0 Å². The molecule has 4 rings (SSSR count). The Morgan fingerprint density at radius 2 is 1.28 bits per heavy atom. The van der Waals surface area contributed by atoms with Gasteiger partial charge in [0.25, 0.3) is 0 Å². The van der Waals surface area contributed by atoms with Gasteiger partial charge in [-0.1, -0.05) is 99.1 Å². The number of alkyl carbamates (subject to hydrolysis) is 2. The van der Waals surface area contributed by atoms with Crippen molar-refractivity contribution in [2.45, 2.75) is 84.3 Å². The normalized spacial score (nSPS) is 14.8. The minimum atomic E-state index is -1.38. The van der Waals surface area contributed by atoms with E-state index in [2.05, 4.69) is 10.6 Å². The van der Waals surface area contributed by atoms with Crippen molar-refractivity contribution in [2.24, 2.45) is 5.92 Å². The SMILES string of the molecule is CC[C@H](C)[C@H](NC(=O)OCC1c2ccccc2-c2ccccc21)C(=O)O[C@H](C)[C@H](NC(=O)OC(C)(C)C)C(=O)OCc1ccccc1. The molecule has 4 atom stereocenters. The van der Waals surface area contributed by atoms with Crippen molar-refractivity contribution in [3.05, 3.63) is 95.6 Å². The van der Waals surface area contributed by atoms with Crippen molar-refractivity contribution in [2.75, 3.05) is 6.61 Å². The number of benzene rings is 3. The predicted octanol–water partition coefficient (Wildman–Crippen LogP) is 6.51. The minimum absolute atomic E-state index is 0.0499. The summed E-state index contributed by atoms with van der Waals surface area (Å²) in [6, 6.07) is 22.6. The molecule has 2 N–H and O–H groups in total. The Morgan fingerprint density at radius 1 is 0.723 bits per heavy atom. The van der Waals surface area contributed by atoms with Gasteiger partial charge in [-0.15, -0.1) is 0 Å². The van der Waals surface area contributed by atoms with E-state index in [1.54, 1.807) is 39.8 Å². The summed E-state index contributed by atoms with van der Waals surface area (Å²) in [5.41, 5.74) is 4.24. The van der Waals surface area contributed by atoms with Crippen LogP contribution in [0.25, 0.3) is 11.1 Å². The van der Waals surface area contributed by atoms with Crippen molar-refractivity contribution in [1.82, 2.24) is 10.6 Å². The number of nitrogens with one attached hydrogen (secondary N) is 2. The van der Waals surface area contributed by atoms with E-state index in [0.717, 1.165) is 27.8 Å². The summed E-state index contributed by atoms with van der Waals surface area (Å²) in [5, 5.41) is 5.15. The Kier molecular flexibility index (Phi) is 11.6. The maximum absolute atomic E-state index is 13.5. The van der Waals surface area contributed by atoms with Crippen molar-refractivity contribution < 1.29 is 38.1 Å². The van der Waals surface area contributed by atoms with Gasteiger partial charge in [0.2, 0.25) is 0 Å². The molecule has 0 spiro atoms. The smallest absolute Gasteiger partial charge is 0.408 e. The van der Waals surface area contributed by atoms with Gasteiger partial charge in [0.05, 0.1) is 0 Å². The van der Waals surface area contributed by atoms with Crippen LogP contribution in [0.5, 0.6) is 0 Å². The number of carbonyl (C=O) groups is 4. The first-order valence-corrected chi connectivity index (χ1v) is 15.9. The first-order chi connectivity index (χ1) is 22.4. The molecule has 1 aliphatic rings. The lowest BCUT2D eigenvalue weighted by atomic mass is 9.98. The van der Waals surface area contributed by atoms with Crippen LogP contribution < -0.4 is 10.6 Å². The first-order valence-electron chi connectivity index (χ1n) is 15.9. The fraction of sp³-hybridized carbons (Fsp3) is 0.405. The molecule has 0 aliphatic heterocycles. The molecule has 0 saturated heterocycles. The molecule has 0 radical (unpaired) electrons. The molecule has 250 valence electrons. The second-order valence-corrected chi connectivity index (χ2v) is 12.7. The summed E-state index contributed by atoms with van der Waals surface area (Å²) < 4.78 is 22.2. The van der Waals surface area contributed by atoms with E-state index < -0.39 is 47.9 Å². The summed E-state index contributed by atoms with van der Waals surface area (Å²) in [4.78, 5) is 52.4. The lowest BCUT2D eigenvalue weighted by Crippen LogP contribution is -2.53. The summed E-state index contributed by atoms with van der Waals surface area (Å²) in [6.45, 7) is 10.2. The highest BCUT2D eigenvalue weighted by Crippen LogP contribution is 2.44. The van der Waals surface area contributed by atoms with Crippen molar-refractivity contribution >= 4 is 24.1 Å². The van der Waals surface area contributed by atoms with Crippen LogP contribution in [0, 0.1) is 5.92 Å². The average molecular weight is 645 g/mol. The number of fused-ring (bicyclic) bond motifs is 3. The van der Waals surface area contributed by atoms with E-state index in [-0.39, 0.29) is 25.0 Å². The molecule has 2 amide bonds. The second kappa shape index (κ2) is 15.6.